The highest BCUT2D eigenvalue weighted by molar-refractivity contribution is 6.32. The first-order valence-electron chi connectivity index (χ1n) is 7.07. The fraction of sp³-hybridized carbons (Fsp3) is 0.533. The molecule has 0 aliphatic heterocycles. The summed E-state index contributed by atoms with van der Waals surface area (Å²) in [5, 5.41) is 6.24. The van der Waals surface area contributed by atoms with Gasteiger partial charge < -0.3 is 24.8 Å². The van der Waals surface area contributed by atoms with Crippen LogP contribution < -0.4 is 20.1 Å². The molecular formula is C15H23ClN2O4. The van der Waals surface area contributed by atoms with E-state index >= 15 is 0 Å². The Balaban J connectivity index is 2.55. The number of nitrogens with one attached hydrogen (secondary N) is 2. The van der Waals surface area contributed by atoms with Crippen LogP contribution in [-0.4, -0.2) is 46.4 Å². The zero-order valence-electron chi connectivity index (χ0n) is 13.2. The molecular weight excluding hydrogens is 308 g/mol. The summed E-state index contributed by atoms with van der Waals surface area (Å²) < 4.78 is 15.6. The van der Waals surface area contributed by atoms with Crippen LogP contribution in [0.3, 0.4) is 0 Å². The number of carbonyl (C=O) groups excluding carboxylic acids is 1. The van der Waals surface area contributed by atoms with Crippen LogP contribution in [0.1, 0.15) is 12.5 Å². The van der Waals surface area contributed by atoms with E-state index in [2.05, 4.69) is 10.6 Å². The molecule has 0 radical (unpaired) electrons. The summed E-state index contributed by atoms with van der Waals surface area (Å²) >= 11 is 6.18. The van der Waals surface area contributed by atoms with E-state index in [1.807, 2.05) is 6.92 Å². The van der Waals surface area contributed by atoms with Crippen LogP contribution in [0.2, 0.25) is 5.02 Å². The van der Waals surface area contributed by atoms with Crippen molar-refractivity contribution in [2.75, 3.05) is 40.5 Å². The lowest BCUT2D eigenvalue weighted by Gasteiger charge is -2.13. The molecule has 0 aliphatic carbocycles. The average molecular weight is 331 g/mol. The number of ether oxygens (including phenoxy) is 3. The van der Waals surface area contributed by atoms with Crippen molar-refractivity contribution in [3.63, 3.8) is 0 Å². The third-order valence-electron chi connectivity index (χ3n) is 2.84. The first-order valence-corrected chi connectivity index (χ1v) is 7.45. The van der Waals surface area contributed by atoms with E-state index < -0.39 is 0 Å². The lowest BCUT2D eigenvalue weighted by Crippen LogP contribution is -2.34. The zero-order valence-corrected chi connectivity index (χ0v) is 14.0. The molecule has 0 atom stereocenters. The highest BCUT2D eigenvalue weighted by atomic mass is 35.5. The molecule has 0 bridgehead atoms. The Morgan fingerprint density at radius 3 is 2.73 bits per heavy atom. The van der Waals surface area contributed by atoms with Gasteiger partial charge in [-0.25, -0.2) is 0 Å². The molecule has 0 saturated heterocycles. The van der Waals surface area contributed by atoms with Crippen LogP contribution in [0.25, 0.3) is 0 Å². The third-order valence-corrected chi connectivity index (χ3v) is 3.12. The number of hydrogen-bond donors (Lipinski definition) is 2. The summed E-state index contributed by atoms with van der Waals surface area (Å²) in [5.41, 5.74) is 0.843. The molecule has 0 heterocycles. The van der Waals surface area contributed by atoms with Crippen LogP contribution in [-0.2, 0) is 16.1 Å². The first kappa shape index (κ1) is 18.5. The normalized spacial score (nSPS) is 10.4. The Labute approximate surface area is 136 Å². The van der Waals surface area contributed by atoms with Crippen molar-refractivity contribution in [3.8, 4) is 11.5 Å². The summed E-state index contributed by atoms with van der Waals surface area (Å²) in [5.74, 6) is 0.972. The van der Waals surface area contributed by atoms with Gasteiger partial charge in [0.15, 0.2) is 11.5 Å². The van der Waals surface area contributed by atoms with Gasteiger partial charge in [0.1, 0.15) is 0 Å². The van der Waals surface area contributed by atoms with Crippen molar-refractivity contribution in [2.45, 2.75) is 13.5 Å². The molecule has 0 fully saturated rings. The minimum absolute atomic E-state index is 0.0972. The predicted octanol–water partition coefficient (Wildman–Crippen LogP) is 1.60. The molecule has 0 aliphatic rings. The molecule has 2 N–H and O–H groups in total. The van der Waals surface area contributed by atoms with E-state index in [4.69, 9.17) is 25.8 Å². The second-order valence-electron chi connectivity index (χ2n) is 4.49. The topological polar surface area (TPSA) is 68.8 Å². The molecule has 0 aromatic heterocycles. The monoisotopic (exact) mass is 330 g/mol. The maximum atomic E-state index is 11.7. The number of hydrogen-bond acceptors (Lipinski definition) is 5. The van der Waals surface area contributed by atoms with Crippen molar-refractivity contribution in [2.24, 2.45) is 0 Å². The molecule has 1 aromatic rings. The van der Waals surface area contributed by atoms with Gasteiger partial charge >= 0.3 is 0 Å². The Morgan fingerprint density at radius 2 is 2.09 bits per heavy atom. The number of methoxy groups -OCH3 is 2. The third kappa shape index (κ3) is 6.09. The van der Waals surface area contributed by atoms with Gasteiger partial charge in [0.05, 0.1) is 31.9 Å². The van der Waals surface area contributed by atoms with Crippen LogP contribution in [0, 0.1) is 0 Å². The van der Waals surface area contributed by atoms with Crippen molar-refractivity contribution < 1.29 is 19.0 Å². The van der Waals surface area contributed by atoms with E-state index in [0.717, 1.165) is 5.56 Å². The molecule has 1 amide bonds. The van der Waals surface area contributed by atoms with Crippen molar-refractivity contribution >= 4 is 17.5 Å². The fourth-order valence-electron chi connectivity index (χ4n) is 1.80. The van der Waals surface area contributed by atoms with Gasteiger partial charge in [-0.15, -0.1) is 0 Å². The molecule has 0 spiro atoms. The van der Waals surface area contributed by atoms with E-state index in [0.29, 0.717) is 42.8 Å². The summed E-state index contributed by atoms with van der Waals surface area (Å²) in [6.45, 7) is 4.18. The van der Waals surface area contributed by atoms with Gasteiger partial charge in [-0.2, -0.15) is 0 Å². The highest BCUT2D eigenvalue weighted by Crippen LogP contribution is 2.36. The summed E-state index contributed by atoms with van der Waals surface area (Å²) in [6.07, 6.45) is 0. The molecule has 0 unspecified atom stereocenters. The molecule has 1 rings (SSSR count). The van der Waals surface area contributed by atoms with Crippen molar-refractivity contribution in [1.29, 1.82) is 0 Å². The van der Waals surface area contributed by atoms with E-state index in [-0.39, 0.29) is 12.5 Å². The van der Waals surface area contributed by atoms with Crippen molar-refractivity contribution in [3.05, 3.63) is 22.7 Å². The second kappa shape index (κ2) is 10.3. The van der Waals surface area contributed by atoms with Gasteiger partial charge in [-0.3, -0.25) is 4.79 Å². The molecule has 6 nitrogen and oxygen atoms in total. The largest absolute Gasteiger partial charge is 0.493 e. The van der Waals surface area contributed by atoms with Crippen LogP contribution in [0.4, 0.5) is 0 Å². The fourth-order valence-corrected chi connectivity index (χ4v) is 2.09. The maximum absolute atomic E-state index is 11.7. The Morgan fingerprint density at radius 1 is 1.32 bits per heavy atom. The Kier molecular flexibility index (Phi) is 8.65. The Hall–Kier alpha value is -1.50. The number of benzene rings is 1. The van der Waals surface area contributed by atoms with Crippen molar-refractivity contribution in [1.82, 2.24) is 10.6 Å². The van der Waals surface area contributed by atoms with Gasteiger partial charge in [0.25, 0.3) is 0 Å². The van der Waals surface area contributed by atoms with Crippen LogP contribution in [0.5, 0.6) is 11.5 Å². The van der Waals surface area contributed by atoms with E-state index in [1.54, 1.807) is 26.4 Å². The standard InChI is InChI=1S/C15H23ClN2O4/c1-4-22-15-12(16)7-11(8-13(15)21-3)9-18-14(19)10-17-5-6-20-2/h7-8,17H,4-6,9-10H2,1-3H3,(H,18,19). The quantitative estimate of drug-likeness (QED) is 0.638. The van der Waals surface area contributed by atoms with Gasteiger partial charge in [-0.1, -0.05) is 11.6 Å². The maximum Gasteiger partial charge on any atom is 0.234 e. The first-order chi connectivity index (χ1) is 10.6. The minimum atomic E-state index is -0.0972. The number of rotatable bonds is 10. The second-order valence-corrected chi connectivity index (χ2v) is 4.90. The van der Waals surface area contributed by atoms with E-state index in [1.165, 1.54) is 0 Å². The lowest BCUT2D eigenvalue weighted by molar-refractivity contribution is -0.120. The lowest BCUT2D eigenvalue weighted by atomic mass is 10.2. The average Bonchev–Trinajstić information content (AvgIpc) is 2.51. The summed E-state index contributed by atoms with van der Waals surface area (Å²) in [4.78, 5) is 11.7. The molecule has 124 valence electrons. The van der Waals surface area contributed by atoms with Gasteiger partial charge in [-0.05, 0) is 24.6 Å². The minimum Gasteiger partial charge on any atom is -0.493 e. The van der Waals surface area contributed by atoms with E-state index in [9.17, 15) is 4.79 Å². The molecule has 0 saturated carbocycles. The smallest absolute Gasteiger partial charge is 0.234 e. The highest BCUT2D eigenvalue weighted by Gasteiger charge is 2.12. The zero-order chi connectivity index (χ0) is 16.4. The van der Waals surface area contributed by atoms with Crippen LogP contribution >= 0.6 is 11.6 Å². The number of carbonyl (C=O) groups is 1. The SMILES string of the molecule is CCOc1c(Cl)cc(CNC(=O)CNCCOC)cc1OC. The summed E-state index contributed by atoms with van der Waals surface area (Å²) in [7, 11) is 3.17. The molecule has 7 heteroatoms. The van der Waals surface area contributed by atoms with Gasteiger partial charge in [0, 0.05) is 20.2 Å². The van der Waals surface area contributed by atoms with Gasteiger partial charge in [0.2, 0.25) is 5.91 Å². The number of halogens is 1. The molecule has 22 heavy (non-hydrogen) atoms. The Bertz CT molecular complexity index is 483. The number of amides is 1. The van der Waals surface area contributed by atoms with Crippen LogP contribution in [0.15, 0.2) is 12.1 Å². The summed E-state index contributed by atoms with van der Waals surface area (Å²) in [6, 6.07) is 3.56. The molecule has 1 aromatic carbocycles. The predicted molar refractivity (Wildman–Crippen MR) is 85.8 cm³/mol.